The Morgan fingerprint density at radius 3 is 2.47 bits per heavy atom. The van der Waals surface area contributed by atoms with Crippen LogP contribution in [0.15, 0.2) is 18.2 Å². The molecule has 0 spiro atoms. The smallest absolute Gasteiger partial charge is 0.509 e. The molecular formula is C9H12BFO4. The highest BCUT2D eigenvalue weighted by atomic mass is 19.1. The average Bonchev–Trinajstić information content (AvgIpc) is 2.08. The van der Waals surface area contributed by atoms with Gasteiger partial charge in [0, 0.05) is 6.07 Å². The minimum Gasteiger partial charge on any atom is -0.509 e. The molecule has 0 fully saturated rings. The van der Waals surface area contributed by atoms with Gasteiger partial charge in [-0.25, -0.2) is 4.39 Å². The van der Waals surface area contributed by atoms with E-state index in [1.165, 1.54) is 12.1 Å². The first-order valence-electron chi connectivity index (χ1n) is 4.48. The van der Waals surface area contributed by atoms with E-state index in [0.29, 0.717) is 0 Å². The summed E-state index contributed by atoms with van der Waals surface area (Å²) in [5, 5.41) is 17.2. The SMILES string of the molecule is CC(C)Oc1ccc(F)cc1OB(O)O. The molecule has 1 aromatic rings. The lowest BCUT2D eigenvalue weighted by molar-refractivity contribution is 0.225. The minimum absolute atomic E-state index is 0.0429. The molecule has 0 aliphatic carbocycles. The molecule has 1 aromatic carbocycles. The second-order valence-electron chi connectivity index (χ2n) is 3.20. The van der Waals surface area contributed by atoms with Crippen LogP contribution in [0.1, 0.15) is 13.8 Å². The van der Waals surface area contributed by atoms with Gasteiger partial charge in [-0.1, -0.05) is 0 Å². The van der Waals surface area contributed by atoms with E-state index < -0.39 is 13.1 Å². The summed E-state index contributed by atoms with van der Waals surface area (Å²) < 4.78 is 22.7. The van der Waals surface area contributed by atoms with Gasteiger partial charge < -0.3 is 19.4 Å². The summed E-state index contributed by atoms with van der Waals surface area (Å²) in [5.74, 6) is -0.319. The van der Waals surface area contributed by atoms with Gasteiger partial charge >= 0.3 is 7.32 Å². The summed E-state index contributed by atoms with van der Waals surface area (Å²) in [5.41, 5.74) is 0. The van der Waals surface area contributed by atoms with Crippen molar-refractivity contribution in [1.82, 2.24) is 0 Å². The zero-order chi connectivity index (χ0) is 11.4. The van der Waals surface area contributed by atoms with Crippen LogP contribution in [0.2, 0.25) is 0 Å². The predicted molar refractivity (Wildman–Crippen MR) is 53.0 cm³/mol. The molecule has 0 saturated carbocycles. The van der Waals surface area contributed by atoms with Gasteiger partial charge in [0.25, 0.3) is 0 Å². The molecule has 0 heterocycles. The third kappa shape index (κ3) is 3.77. The molecule has 0 unspecified atom stereocenters. The molecule has 82 valence electrons. The zero-order valence-electron chi connectivity index (χ0n) is 8.48. The van der Waals surface area contributed by atoms with Gasteiger partial charge in [-0.3, -0.25) is 0 Å². The van der Waals surface area contributed by atoms with Gasteiger partial charge in [-0.05, 0) is 26.0 Å². The molecule has 15 heavy (non-hydrogen) atoms. The maximum absolute atomic E-state index is 12.8. The largest absolute Gasteiger partial charge is 0.707 e. The first-order valence-corrected chi connectivity index (χ1v) is 4.48. The van der Waals surface area contributed by atoms with E-state index in [0.717, 1.165) is 6.07 Å². The van der Waals surface area contributed by atoms with Crippen LogP contribution in [-0.4, -0.2) is 23.5 Å². The lowest BCUT2D eigenvalue weighted by atomic mass is 10.2. The maximum atomic E-state index is 12.8. The van der Waals surface area contributed by atoms with E-state index >= 15 is 0 Å². The molecule has 6 heteroatoms. The van der Waals surface area contributed by atoms with E-state index in [4.69, 9.17) is 14.8 Å². The molecular weight excluding hydrogens is 202 g/mol. The highest BCUT2D eigenvalue weighted by molar-refractivity contribution is 6.33. The summed E-state index contributed by atoms with van der Waals surface area (Å²) in [6, 6.07) is 3.60. The van der Waals surface area contributed by atoms with Crippen LogP contribution in [0.4, 0.5) is 4.39 Å². The highest BCUT2D eigenvalue weighted by Crippen LogP contribution is 2.28. The molecule has 0 aliphatic rings. The number of hydrogen-bond donors (Lipinski definition) is 2. The Morgan fingerprint density at radius 1 is 1.27 bits per heavy atom. The third-order valence-corrected chi connectivity index (χ3v) is 1.50. The Bertz CT molecular complexity index is 330. The van der Waals surface area contributed by atoms with Crippen LogP contribution in [0.3, 0.4) is 0 Å². The molecule has 0 aromatic heterocycles. The molecule has 1 rings (SSSR count). The van der Waals surface area contributed by atoms with E-state index in [9.17, 15) is 4.39 Å². The van der Waals surface area contributed by atoms with Crippen molar-refractivity contribution in [1.29, 1.82) is 0 Å². The normalized spacial score (nSPS) is 10.3. The Morgan fingerprint density at radius 2 is 1.93 bits per heavy atom. The number of halogens is 1. The Hall–Kier alpha value is -1.27. The third-order valence-electron chi connectivity index (χ3n) is 1.50. The first kappa shape index (κ1) is 11.8. The van der Waals surface area contributed by atoms with Gasteiger partial charge in [-0.15, -0.1) is 0 Å². The van der Waals surface area contributed by atoms with E-state index in [2.05, 4.69) is 4.65 Å². The molecule has 0 saturated heterocycles. The first-order chi connectivity index (χ1) is 6.99. The maximum Gasteiger partial charge on any atom is 0.707 e. The Kier molecular flexibility index (Phi) is 3.93. The van der Waals surface area contributed by atoms with Crippen LogP contribution >= 0.6 is 0 Å². The van der Waals surface area contributed by atoms with Gasteiger partial charge in [0.05, 0.1) is 6.10 Å². The fourth-order valence-corrected chi connectivity index (χ4v) is 1.04. The van der Waals surface area contributed by atoms with E-state index in [1.54, 1.807) is 13.8 Å². The highest BCUT2D eigenvalue weighted by Gasteiger charge is 2.16. The summed E-state index contributed by atoms with van der Waals surface area (Å²) in [6.45, 7) is 3.59. The molecule has 2 N–H and O–H groups in total. The van der Waals surface area contributed by atoms with Gasteiger partial charge in [0.15, 0.2) is 5.75 Å². The molecule has 0 atom stereocenters. The minimum atomic E-state index is -2.00. The molecule has 0 bridgehead atoms. The second kappa shape index (κ2) is 5.00. The van der Waals surface area contributed by atoms with E-state index in [-0.39, 0.29) is 17.6 Å². The molecule has 0 amide bonds. The molecule has 0 aliphatic heterocycles. The van der Waals surface area contributed by atoms with Crippen molar-refractivity contribution in [3.05, 3.63) is 24.0 Å². The standard InChI is InChI=1S/C9H12BFO4/c1-6(2)14-8-4-3-7(11)5-9(8)15-10(12)13/h3-6,12-13H,1-2H3. The van der Waals surface area contributed by atoms with Gasteiger partial charge in [0.1, 0.15) is 11.6 Å². The van der Waals surface area contributed by atoms with Crippen LogP contribution in [0, 0.1) is 5.82 Å². The van der Waals surface area contributed by atoms with Crippen LogP contribution in [0.25, 0.3) is 0 Å². The number of rotatable bonds is 4. The summed E-state index contributed by atoms with van der Waals surface area (Å²) in [6.07, 6.45) is -0.117. The van der Waals surface area contributed by atoms with Crippen molar-refractivity contribution < 1.29 is 23.8 Å². The Labute approximate surface area is 87.4 Å². The lowest BCUT2D eigenvalue weighted by Gasteiger charge is -2.14. The van der Waals surface area contributed by atoms with Crippen molar-refractivity contribution in [2.75, 3.05) is 0 Å². The molecule has 4 nitrogen and oxygen atoms in total. The fraction of sp³-hybridized carbons (Fsp3) is 0.333. The van der Waals surface area contributed by atoms with Crippen molar-refractivity contribution in [2.45, 2.75) is 20.0 Å². The van der Waals surface area contributed by atoms with Crippen LogP contribution in [0.5, 0.6) is 11.5 Å². The number of benzene rings is 1. The topological polar surface area (TPSA) is 58.9 Å². The van der Waals surface area contributed by atoms with Crippen molar-refractivity contribution >= 4 is 7.32 Å². The predicted octanol–water partition coefficient (Wildman–Crippen LogP) is 0.961. The van der Waals surface area contributed by atoms with Gasteiger partial charge in [-0.2, -0.15) is 0 Å². The van der Waals surface area contributed by atoms with Crippen molar-refractivity contribution in [2.24, 2.45) is 0 Å². The second-order valence-corrected chi connectivity index (χ2v) is 3.20. The zero-order valence-corrected chi connectivity index (χ0v) is 8.48. The van der Waals surface area contributed by atoms with Gasteiger partial charge in [0.2, 0.25) is 0 Å². The summed E-state index contributed by atoms with van der Waals surface area (Å²) in [4.78, 5) is 0. The van der Waals surface area contributed by atoms with Crippen molar-refractivity contribution in [3.63, 3.8) is 0 Å². The average molecular weight is 214 g/mol. The van der Waals surface area contributed by atoms with Crippen molar-refractivity contribution in [3.8, 4) is 11.5 Å². The summed E-state index contributed by atoms with van der Waals surface area (Å²) >= 11 is 0. The van der Waals surface area contributed by atoms with Crippen LogP contribution in [-0.2, 0) is 0 Å². The fourth-order valence-electron chi connectivity index (χ4n) is 1.04. The number of ether oxygens (including phenoxy) is 1. The molecule has 0 radical (unpaired) electrons. The lowest BCUT2D eigenvalue weighted by Crippen LogP contribution is -2.21. The van der Waals surface area contributed by atoms with E-state index in [1.807, 2.05) is 0 Å². The van der Waals surface area contributed by atoms with Crippen LogP contribution < -0.4 is 9.39 Å². The summed E-state index contributed by atoms with van der Waals surface area (Å²) in [7, 11) is -2.00. The number of hydrogen-bond acceptors (Lipinski definition) is 4. The quantitative estimate of drug-likeness (QED) is 0.733. The Balaban J connectivity index is 2.92. The monoisotopic (exact) mass is 214 g/mol.